The van der Waals surface area contributed by atoms with E-state index < -0.39 is 0 Å². The van der Waals surface area contributed by atoms with Crippen LogP contribution in [-0.2, 0) is 16.1 Å². The normalized spacial score (nSPS) is 19.9. The van der Waals surface area contributed by atoms with Gasteiger partial charge in [-0.3, -0.25) is 9.69 Å². The minimum Gasteiger partial charge on any atom is -0.466 e. The van der Waals surface area contributed by atoms with Crippen molar-refractivity contribution in [3.05, 3.63) is 34.3 Å². The number of halogens is 1. The van der Waals surface area contributed by atoms with Gasteiger partial charge in [0.2, 0.25) is 0 Å². The summed E-state index contributed by atoms with van der Waals surface area (Å²) in [4.78, 5) is 14.1. The molecule has 110 valence electrons. The fourth-order valence-electron chi connectivity index (χ4n) is 2.67. The van der Waals surface area contributed by atoms with Gasteiger partial charge in [-0.05, 0) is 50.4 Å². The van der Waals surface area contributed by atoms with Crippen molar-refractivity contribution in [3.8, 4) is 0 Å². The molecule has 3 nitrogen and oxygen atoms in total. The van der Waals surface area contributed by atoms with E-state index in [9.17, 15) is 4.79 Å². The third-order valence-corrected chi connectivity index (χ3v) is 4.08. The van der Waals surface area contributed by atoms with Crippen LogP contribution in [0.1, 0.15) is 30.9 Å². The highest BCUT2D eigenvalue weighted by molar-refractivity contribution is 6.31. The Labute approximate surface area is 125 Å². The summed E-state index contributed by atoms with van der Waals surface area (Å²) >= 11 is 6.28. The number of likely N-dealkylation sites (tertiary alicyclic amines) is 1. The van der Waals surface area contributed by atoms with Crippen molar-refractivity contribution in [1.29, 1.82) is 0 Å². The molecule has 1 aromatic carbocycles. The minimum atomic E-state index is -0.0628. The van der Waals surface area contributed by atoms with Gasteiger partial charge in [-0.15, -0.1) is 0 Å². The Morgan fingerprint density at radius 2 is 2.30 bits per heavy atom. The zero-order valence-corrected chi connectivity index (χ0v) is 12.9. The fourth-order valence-corrected chi connectivity index (χ4v) is 2.97. The molecule has 0 radical (unpaired) electrons. The molecule has 1 saturated heterocycles. The maximum atomic E-state index is 11.8. The van der Waals surface area contributed by atoms with Gasteiger partial charge in [0.05, 0.1) is 12.5 Å². The predicted molar refractivity (Wildman–Crippen MR) is 80.8 cm³/mol. The van der Waals surface area contributed by atoms with Gasteiger partial charge < -0.3 is 4.74 Å². The average Bonchev–Trinajstić information content (AvgIpc) is 2.43. The molecule has 1 atom stereocenters. The minimum absolute atomic E-state index is 0.00734. The molecule has 2 rings (SSSR count). The van der Waals surface area contributed by atoms with Crippen LogP contribution in [0.15, 0.2) is 18.2 Å². The molecule has 1 fully saturated rings. The molecule has 1 aliphatic rings. The number of esters is 1. The Hall–Kier alpha value is -1.06. The van der Waals surface area contributed by atoms with Crippen molar-refractivity contribution >= 4 is 17.6 Å². The van der Waals surface area contributed by atoms with Crippen LogP contribution in [0.25, 0.3) is 0 Å². The number of nitrogens with zero attached hydrogens (tertiary/aromatic N) is 1. The quantitative estimate of drug-likeness (QED) is 0.797. The van der Waals surface area contributed by atoms with Gasteiger partial charge in [-0.2, -0.15) is 0 Å². The Morgan fingerprint density at radius 1 is 1.50 bits per heavy atom. The first-order chi connectivity index (χ1) is 9.60. The number of hydrogen-bond acceptors (Lipinski definition) is 3. The first-order valence-corrected chi connectivity index (χ1v) is 7.62. The molecule has 0 bridgehead atoms. The Kier molecular flexibility index (Phi) is 5.44. The second-order valence-corrected chi connectivity index (χ2v) is 5.83. The molecule has 0 spiro atoms. The van der Waals surface area contributed by atoms with Crippen LogP contribution in [0.5, 0.6) is 0 Å². The summed E-state index contributed by atoms with van der Waals surface area (Å²) < 4.78 is 5.13. The van der Waals surface area contributed by atoms with Crippen LogP contribution in [0.2, 0.25) is 5.02 Å². The number of benzene rings is 1. The monoisotopic (exact) mass is 295 g/mol. The van der Waals surface area contributed by atoms with Crippen LogP contribution >= 0.6 is 11.6 Å². The van der Waals surface area contributed by atoms with Gasteiger partial charge >= 0.3 is 5.97 Å². The summed E-state index contributed by atoms with van der Waals surface area (Å²) in [7, 11) is 0. The molecule has 0 amide bonds. The molecule has 20 heavy (non-hydrogen) atoms. The number of aryl methyl sites for hydroxylation is 1. The summed E-state index contributed by atoms with van der Waals surface area (Å²) in [5.74, 6) is -0.0554. The lowest BCUT2D eigenvalue weighted by Gasteiger charge is -2.31. The molecular weight excluding hydrogens is 274 g/mol. The highest BCUT2D eigenvalue weighted by Gasteiger charge is 2.26. The Bertz CT molecular complexity index is 476. The van der Waals surface area contributed by atoms with Gasteiger partial charge in [-0.1, -0.05) is 23.7 Å². The van der Waals surface area contributed by atoms with Crippen LogP contribution in [-0.4, -0.2) is 30.6 Å². The highest BCUT2D eigenvalue weighted by atomic mass is 35.5. The molecule has 0 aromatic heterocycles. The standard InChI is InChI=1S/C16H22ClNO2/c1-3-20-16(19)14-5-4-8-18(11-14)10-13-7-6-12(2)9-15(13)17/h6-7,9,14H,3-5,8,10-11H2,1-2H3/t14-/m0/s1. The molecule has 0 aliphatic carbocycles. The Balaban J connectivity index is 1.97. The summed E-state index contributed by atoms with van der Waals surface area (Å²) in [6.07, 6.45) is 1.96. The average molecular weight is 296 g/mol. The molecule has 0 N–H and O–H groups in total. The van der Waals surface area contributed by atoms with Crippen LogP contribution in [0, 0.1) is 12.8 Å². The van der Waals surface area contributed by atoms with E-state index >= 15 is 0 Å². The number of ether oxygens (including phenoxy) is 1. The van der Waals surface area contributed by atoms with E-state index in [4.69, 9.17) is 16.3 Å². The molecule has 0 saturated carbocycles. The first kappa shape index (κ1) is 15.3. The summed E-state index contributed by atoms with van der Waals surface area (Å²) in [5, 5.41) is 0.809. The molecule has 0 unspecified atom stereocenters. The van der Waals surface area contributed by atoms with Crippen molar-refractivity contribution in [1.82, 2.24) is 4.90 Å². The van der Waals surface area contributed by atoms with Crippen LogP contribution in [0.3, 0.4) is 0 Å². The van der Waals surface area contributed by atoms with E-state index in [2.05, 4.69) is 17.0 Å². The van der Waals surface area contributed by atoms with Gasteiger partial charge in [0.15, 0.2) is 0 Å². The molecule has 1 aliphatic heterocycles. The largest absolute Gasteiger partial charge is 0.466 e. The third kappa shape index (κ3) is 3.97. The third-order valence-electron chi connectivity index (χ3n) is 3.73. The second-order valence-electron chi connectivity index (χ2n) is 5.42. The van der Waals surface area contributed by atoms with Crippen molar-refractivity contribution in [2.24, 2.45) is 5.92 Å². The van der Waals surface area contributed by atoms with Gasteiger partial charge in [-0.25, -0.2) is 0 Å². The van der Waals surface area contributed by atoms with Crippen LogP contribution in [0.4, 0.5) is 0 Å². The Morgan fingerprint density at radius 3 is 3.00 bits per heavy atom. The van der Waals surface area contributed by atoms with Crippen LogP contribution < -0.4 is 0 Å². The molecule has 4 heteroatoms. The smallest absolute Gasteiger partial charge is 0.310 e. The number of hydrogen-bond donors (Lipinski definition) is 0. The SMILES string of the molecule is CCOC(=O)[C@H]1CCCN(Cc2ccc(C)cc2Cl)C1. The first-order valence-electron chi connectivity index (χ1n) is 7.24. The van der Waals surface area contributed by atoms with Crippen molar-refractivity contribution in [3.63, 3.8) is 0 Å². The summed E-state index contributed by atoms with van der Waals surface area (Å²) in [5.41, 5.74) is 2.29. The molecule has 1 aromatic rings. The van der Waals surface area contributed by atoms with E-state index in [-0.39, 0.29) is 11.9 Å². The number of rotatable bonds is 4. The predicted octanol–water partition coefficient (Wildman–Crippen LogP) is 3.42. The maximum absolute atomic E-state index is 11.8. The number of carbonyl (C=O) groups is 1. The van der Waals surface area contributed by atoms with Gasteiger partial charge in [0.1, 0.15) is 0 Å². The summed E-state index contributed by atoms with van der Waals surface area (Å²) in [6.45, 7) is 6.93. The zero-order valence-electron chi connectivity index (χ0n) is 12.2. The van der Waals surface area contributed by atoms with Gasteiger partial charge in [0, 0.05) is 18.1 Å². The van der Waals surface area contributed by atoms with E-state index in [0.29, 0.717) is 6.61 Å². The lowest BCUT2D eigenvalue weighted by atomic mass is 9.97. The topological polar surface area (TPSA) is 29.5 Å². The van der Waals surface area contributed by atoms with Crippen molar-refractivity contribution < 1.29 is 9.53 Å². The van der Waals surface area contributed by atoms with Crippen molar-refractivity contribution in [2.45, 2.75) is 33.2 Å². The fraction of sp³-hybridized carbons (Fsp3) is 0.562. The highest BCUT2D eigenvalue weighted by Crippen LogP contribution is 2.23. The van der Waals surface area contributed by atoms with Gasteiger partial charge in [0.25, 0.3) is 0 Å². The zero-order chi connectivity index (χ0) is 14.5. The van der Waals surface area contributed by atoms with E-state index in [1.165, 1.54) is 5.56 Å². The van der Waals surface area contributed by atoms with E-state index in [1.807, 2.05) is 19.9 Å². The van der Waals surface area contributed by atoms with Crippen molar-refractivity contribution in [2.75, 3.05) is 19.7 Å². The molecule has 1 heterocycles. The summed E-state index contributed by atoms with van der Waals surface area (Å²) in [6, 6.07) is 6.14. The maximum Gasteiger partial charge on any atom is 0.310 e. The van der Waals surface area contributed by atoms with E-state index in [1.54, 1.807) is 0 Å². The second kappa shape index (κ2) is 7.09. The number of carbonyl (C=O) groups excluding carboxylic acids is 1. The lowest BCUT2D eigenvalue weighted by Crippen LogP contribution is -2.39. The van der Waals surface area contributed by atoms with E-state index in [0.717, 1.165) is 43.1 Å². The molecular formula is C16H22ClNO2. The number of piperidine rings is 1. The lowest BCUT2D eigenvalue weighted by molar-refractivity contribution is -0.150.